The highest BCUT2D eigenvalue weighted by molar-refractivity contribution is 7.99. The number of carbonyl (C=O) groups excluding carboxylic acids is 1. The van der Waals surface area contributed by atoms with Crippen LogP contribution in [0.25, 0.3) is 0 Å². The number of rotatable bonds is 5. The third-order valence-electron chi connectivity index (χ3n) is 3.47. The molecular formula is C13H19N3O3S. The van der Waals surface area contributed by atoms with Crippen molar-refractivity contribution in [1.82, 2.24) is 15.5 Å². The van der Waals surface area contributed by atoms with E-state index in [9.17, 15) is 9.59 Å². The van der Waals surface area contributed by atoms with Crippen LogP contribution in [0.2, 0.25) is 0 Å². The summed E-state index contributed by atoms with van der Waals surface area (Å²) in [5, 5.41) is 6.44. The summed E-state index contributed by atoms with van der Waals surface area (Å²) in [6.07, 6.45) is 3.56. The van der Waals surface area contributed by atoms with Gasteiger partial charge in [0.05, 0.1) is 5.41 Å². The van der Waals surface area contributed by atoms with Gasteiger partial charge in [-0.1, -0.05) is 16.8 Å². The molecule has 0 spiro atoms. The van der Waals surface area contributed by atoms with Gasteiger partial charge in [0, 0.05) is 18.7 Å². The van der Waals surface area contributed by atoms with Crippen LogP contribution in [0.1, 0.15) is 26.1 Å². The molecule has 2 rings (SSSR count). The molecule has 1 amide bonds. The molecule has 0 fully saturated rings. The largest absolute Gasteiger partial charge is 0.438 e. The van der Waals surface area contributed by atoms with E-state index in [1.54, 1.807) is 0 Å². The van der Waals surface area contributed by atoms with Crippen molar-refractivity contribution in [3.05, 3.63) is 28.0 Å². The Kier molecular flexibility index (Phi) is 4.69. The van der Waals surface area contributed by atoms with Gasteiger partial charge in [-0.05, 0) is 26.0 Å². The summed E-state index contributed by atoms with van der Waals surface area (Å²) in [7, 11) is 0. The molecule has 0 atom stereocenters. The van der Waals surface area contributed by atoms with E-state index in [1.165, 1.54) is 5.57 Å². The molecule has 6 nitrogen and oxygen atoms in total. The van der Waals surface area contributed by atoms with Crippen LogP contribution >= 0.6 is 11.8 Å². The first-order valence-electron chi connectivity index (χ1n) is 6.60. The van der Waals surface area contributed by atoms with Gasteiger partial charge in [0.15, 0.2) is 5.82 Å². The molecule has 1 aliphatic rings. The molecule has 0 radical (unpaired) electrons. The third kappa shape index (κ3) is 3.53. The first kappa shape index (κ1) is 14.9. The first-order chi connectivity index (χ1) is 9.50. The average molecular weight is 297 g/mol. The summed E-state index contributed by atoms with van der Waals surface area (Å²) in [5.41, 5.74) is 0.710. The summed E-state index contributed by atoms with van der Waals surface area (Å²) < 4.78 is 4.40. The molecule has 1 aromatic rings. The van der Waals surface area contributed by atoms with E-state index in [0.29, 0.717) is 18.8 Å². The molecule has 0 unspecified atom stereocenters. The maximum Gasteiger partial charge on any atom is 0.438 e. The summed E-state index contributed by atoms with van der Waals surface area (Å²) in [6, 6.07) is 0. The zero-order valence-corrected chi connectivity index (χ0v) is 12.5. The van der Waals surface area contributed by atoms with Crippen LogP contribution in [0.15, 0.2) is 21.0 Å². The maximum atomic E-state index is 12.3. The van der Waals surface area contributed by atoms with E-state index >= 15 is 0 Å². The fraction of sp³-hybridized carbons (Fsp3) is 0.615. The third-order valence-corrected chi connectivity index (χ3v) is 4.36. The second kappa shape index (κ2) is 6.30. The quantitative estimate of drug-likeness (QED) is 0.795. The van der Waals surface area contributed by atoms with Gasteiger partial charge in [0.2, 0.25) is 5.91 Å². The van der Waals surface area contributed by atoms with Gasteiger partial charge in [0.1, 0.15) is 0 Å². The number of amides is 1. The Bertz CT molecular complexity index is 559. The number of aromatic amines is 1. The number of aromatic nitrogens is 2. The second-order valence-electron chi connectivity index (χ2n) is 5.23. The average Bonchev–Trinajstić information content (AvgIpc) is 2.85. The first-order valence-corrected chi connectivity index (χ1v) is 7.76. The van der Waals surface area contributed by atoms with Gasteiger partial charge in [-0.25, -0.2) is 4.79 Å². The number of hydrogen-bond acceptors (Lipinski definition) is 5. The SMILES string of the molecule is CC(C)(C(=O)NCCc1noc(=O)[nH]1)C1=CCSCC1. The highest BCUT2D eigenvalue weighted by Gasteiger charge is 2.32. The molecule has 110 valence electrons. The van der Waals surface area contributed by atoms with Gasteiger partial charge in [0.25, 0.3) is 0 Å². The summed E-state index contributed by atoms with van der Waals surface area (Å²) in [5.74, 6) is 1.92. The van der Waals surface area contributed by atoms with E-state index in [1.807, 2.05) is 25.6 Å². The monoisotopic (exact) mass is 297 g/mol. The molecule has 1 aliphatic heterocycles. The zero-order chi connectivity index (χ0) is 14.6. The maximum absolute atomic E-state index is 12.3. The van der Waals surface area contributed by atoms with Crippen molar-refractivity contribution in [3.63, 3.8) is 0 Å². The van der Waals surface area contributed by atoms with Gasteiger partial charge in [-0.15, -0.1) is 0 Å². The molecule has 0 saturated carbocycles. The lowest BCUT2D eigenvalue weighted by molar-refractivity contribution is -0.127. The molecule has 0 aromatic carbocycles. The zero-order valence-electron chi connectivity index (χ0n) is 11.7. The lowest BCUT2D eigenvalue weighted by Gasteiger charge is -2.29. The second-order valence-corrected chi connectivity index (χ2v) is 6.38. The number of nitrogens with zero attached hydrogens (tertiary/aromatic N) is 1. The predicted octanol–water partition coefficient (Wildman–Crippen LogP) is 1.11. The van der Waals surface area contributed by atoms with Crippen LogP contribution < -0.4 is 11.1 Å². The number of carbonyl (C=O) groups is 1. The van der Waals surface area contributed by atoms with Crippen molar-refractivity contribution in [1.29, 1.82) is 0 Å². The molecule has 2 heterocycles. The van der Waals surface area contributed by atoms with Crippen molar-refractivity contribution >= 4 is 17.7 Å². The number of hydrogen-bond donors (Lipinski definition) is 2. The number of thioether (sulfide) groups is 1. The molecular weight excluding hydrogens is 278 g/mol. The summed E-state index contributed by atoms with van der Waals surface area (Å²) >= 11 is 1.88. The summed E-state index contributed by atoms with van der Waals surface area (Å²) in [4.78, 5) is 25.5. The smallest absolute Gasteiger partial charge is 0.355 e. The Labute approximate surface area is 121 Å². The minimum absolute atomic E-state index is 0.00138. The van der Waals surface area contributed by atoms with Crippen LogP contribution in [0, 0.1) is 5.41 Å². The van der Waals surface area contributed by atoms with Crippen LogP contribution in [-0.2, 0) is 11.2 Å². The molecule has 7 heteroatoms. The van der Waals surface area contributed by atoms with Crippen molar-refractivity contribution in [3.8, 4) is 0 Å². The van der Waals surface area contributed by atoms with Crippen molar-refractivity contribution in [2.45, 2.75) is 26.7 Å². The van der Waals surface area contributed by atoms with Gasteiger partial charge in [-0.3, -0.25) is 14.3 Å². The Morgan fingerprint density at radius 1 is 1.60 bits per heavy atom. The highest BCUT2D eigenvalue weighted by atomic mass is 32.2. The molecule has 0 aliphatic carbocycles. The van der Waals surface area contributed by atoms with Crippen molar-refractivity contribution in [2.24, 2.45) is 5.41 Å². The van der Waals surface area contributed by atoms with E-state index < -0.39 is 11.2 Å². The van der Waals surface area contributed by atoms with E-state index in [0.717, 1.165) is 17.9 Å². The van der Waals surface area contributed by atoms with Gasteiger partial charge < -0.3 is 5.32 Å². The normalized spacial score (nSPS) is 15.8. The molecule has 1 aromatic heterocycles. The fourth-order valence-electron chi connectivity index (χ4n) is 2.12. The minimum atomic E-state index is -0.573. The predicted molar refractivity (Wildman–Crippen MR) is 77.6 cm³/mol. The van der Waals surface area contributed by atoms with Crippen molar-refractivity contribution in [2.75, 3.05) is 18.1 Å². The summed E-state index contributed by atoms with van der Waals surface area (Å²) in [6.45, 7) is 4.32. The molecule has 0 saturated heterocycles. The van der Waals surface area contributed by atoms with Crippen molar-refractivity contribution < 1.29 is 9.32 Å². The Hall–Kier alpha value is -1.50. The van der Waals surface area contributed by atoms with Crippen LogP contribution in [-0.4, -0.2) is 34.1 Å². The Morgan fingerprint density at radius 3 is 3.00 bits per heavy atom. The Balaban J connectivity index is 1.87. The molecule has 20 heavy (non-hydrogen) atoms. The lowest BCUT2D eigenvalue weighted by Crippen LogP contribution is -2.39. The van der Waals surface area contributed by atoms with Gasteiger partial charge in [-0.2, -0.15) is 11.8 Å². The lowest BCUT2D eigenvalue weighted by atomic mass is 9.81. The van der Waals surface area contributed by atoms with Gasteiger partial charge >= 0.3 is 5.76 Å². The van der Waals surface area contributed by atoms with Crippen LogP contribution in [0.3, 0.4) is 0 Å². The van der Waals surface area contributed by atoms with E-state index in [-0.39, 0.29) is 5.91 Å². The molecule has 2 N–H and O–H groups in total. The van der Waals surface area contributed by atoms with Crippen LogP contribution in [0.5, 0.6) is 0 Å². The minimum Gasteiger partial charge on any atom is -0.355 e. The van der Waals surface area contributed by atoms with E-state index in [4.69, 9.17) is 0 Å². The number of H-pyrrole nitrogens is 1. The van der Waals surface area contributed by atoms with E-state index in [2.05, 4.69) is 26.1 Å². The highest BCUT2D eigenvalue weighted by Crippen LogP contribution is 2.33. The van der Waals surface area contributed by atoms with Crippen LogP contribution in [0.4, 0.5) is 0 Å². The standard InChI is InChI=1S/C13H19N3O3S/c1-13(2,9-4-7-20-8-5-9)11(17)14-6-3-10-15-12(18)19-16-10/h4H,3,5-8H2,1-2H3,(H,14,17)(H,15,16,18). The fourth-order valence-corrected chi connectivity index (χ4v) is 2.97. The topological polar surface area (TPSA) is 88.0 Å². The molecule has 0 bridgehead atoms. The number of nitrogens with one attached hydrogen (secondary N) is 2. The Morgan fingerprint density at radius 2 is 2.40 bits per heavy atom.